The van der Waals surface area contributed by atoms with Gasteiger partial charge >= 0.3 is 0 Å². The second-order valence-corrected chi connectivity index (χ2v) is 4.17. The number of para-hydroxylation sites is 1. The van der Waals surface area contributed by atoms with Crippen LogP contribution in [0.5, 0.6) is 0 Å². The first-order chi connectivity index (χ1) is 7.24. The fourth-order valence-corrected chi connectivity index (χ4v) is 2.22. The Hall–Kier alpha value is -1.31. The van der Waals surface area contributed by atoms with Gasteiger partial charge in [-0.1, -0.05) is 25.1 Å². The molecule has 0 bridgehead atoms. The predicted molar refractivity (Wildman–Crippen MR) is 61.9 cm³/mol. The lowest BCUT2D eigenvalue weighted by Crippen LogP contribution is -2.27. The second kappa shape index (κ2) is 4.05. The second-order valence-electron chi connectivity index (χ2n) is 4.17. The van der Waals surface area contributed by atoms with Crippen LogP contribution in [0.25, 0.3) is 0 Å². The molecule has 1 atom stereocenters. The molecular weight excluding hydrogens is 186 g/mol. The van der Waals surface area contributed by atoms with Gasteiger partial charge in [-0.3, -0.25) is 4.79 Å². The number of hydrogen-bond donors (Lipinski definition) is 0. The third kappa shape index (κ3) is 1.76. The summed E-state index contributed by atoms with van der Waals surface area (Å²) in [6.07, 6.45) is 1.96. The lowest BCUT2D eigenvalue weighted by molar-refractivity contribution is -0.120. The standard InChI is InChI=1S/C13H17NO/c1-3-11-8-9-14(13(11)15)12-7-5-4-6-10(12)2/h4-7,11H,3,8-9H2,1-2H3. The Kier molecular flexibility index (Phi) is 2.76. The van der Waals surface area contributed by atoms with Gasteiger partial charge in [0, 0.05) is 18.2 Å². The highest BCUT2D eigenvalue weighted by Crippen LogP contribution is 2.28. The van der Waals surface area contributed by atoms with Crippen molar-refractivity contribution < 1.29 is 4.79 Å². The van der Waals surface area contributed by atoms with Crippen LogP contribution in [-0.2, 0) is 4.79 Å². The minimum atomic E-state index is 0.240. The van der Waals surface area contributed by atoms with Crippen molar-refractivity contribution >= 4 is 11.6 Å². The molecule has 1 aromatic carbocycles. The number of aryl methyl sites for hydroxylation is 1. The van der Waals surface area contributed by atoms with Gasteiger partial charge in [-0.05, 0) is 31.4 Å². The summed E-state index contributed by atoms with van der Waals surface area (Å²) in [6.45, 7) is 5.02. The van der Waals surface area contributed by atoms with E-state index in [1.807, 2.05) is 23.1 Å². The molecule has 0 N–H and O–H groups in total. The summed E-state index contributed by atoms with van der Waals surface area (Å²) >= 11 is 0. The molecule has 0 spiro atoms. The van der Waals surface area contributed by atoms with Gasteiger partial charge in [0.25, 0.3) is 0 Å². The number of nitrogens with zero attached hydrogens (tertiary/aromatic N) is 1. The van der Waals surface area contributed by atoms with E-state index in [1.54, 1.807) is 0 Å². The molecule has 15 heavy (non-hydrogen) atoms. The summed E-state index contributed by atoms with van der Waals surface area (Å²) in [5, 5.41) is 0. The summed E-state index contributed by atoms with van der Waals surface area (Å²) in [5.74, 6) is 0.538. The van der Waals surface area contributed by atoms with Crippen LogP contribution in [0.4, 0.5) is 5.69 Å². The van der Waals surface area contributed by atoms with Crippen molar-refractivity contribution in [2.75, 3.05) is 11.4 Å². The van der Waals surface area contributed by atoms with Gasteiger partial charge in [0.05, 0.1) is 0 Å². The summed E-state index contributed by atoms with van der Waals surface area (Å²) in [4.78, 5) is 13.9. The molecule has 0 radical (unpaired) electrons. The number of hydrogen-bond acceptors (Lipinski definition) is 1. The monoisotopic (exact) mass is 203 g/mol. The zero-order valence-electron chi connectivity index (χ0n) is 9.36. The highest BCUT2D eigenvalue weighted by molar-refractivity contribution is 5.97. The third-order valence-electron chi connectivity index (χ3n) is 3.22. The Morgan fingerprint density at radius 1 is 1.40 bits per heavy atom. The van der Waals surface area contributed by atoms with Crippen LogP contribution in [0.1, 0.15) is 25.3 Å². The lowest BCUT2D eigenvalue weighted by Gasteiger charge is -2.18. The molecule has 1 unspecified atom stereocenters. The maximum absolute atomic E-state index is 12.0. The molecule has 0 aliphatic carbocycles. The van der Waals surface area contributed by atoms with Crippen molar-refractivity contribution in [3.05, 3.63) is 29.8 Å². The van der Waals surface area contributed by atoms with Gasteiger partial charge in [0.15, 0.2) is 0 Å². The topological polar surface area (TPSA) is 20.3 Å². The average Bonchev–Trinajstić information content (AvgIpc) is 2.60. The highest BCUT2D eigenvalue weighted by atomic mass is 16.2. The quantitative estimate of drug-likeness (QED) is 0.723. The van der Waals surface area contributed by atoms with Crippen molar-refractivity contribution in [1.29, 1.82) is 0 Å². The van der Waals surface area contributed by atoms with Gasteiger partial charge in [0.1, 0.15) is 0 Å². The molecule has 2 rings (SSSR count). The van der Waals surface area contributed by atoms with Crippen molar-refractivity contribution in [3.63, 3.8) is 0 Å². The molecule has 1 aliphatic heterocycles. The number of rotatable bonds is 2. The molecule has 1 saturated heterocycles. The molecule has 2 nitrogen and oxygen atoms in total. The third-order valence-corrected chi connectivity index (χ3v) is 3.22. The molecule has 0 saturated carbocycles. The Labute approximate surface area is 90.9 Å². The fraction of sp³-hybridized carbons (Fsp3) is 0.462. The SMILES string of the molecule is CCC1CCN(c2ccccc2C)C1=O. The average molecular weight is 203 g/mol. The van der Waals surface area contributed by atoms with Gasteiger partial charge in [-0.25, -0.2) is 0 Å². The first kappa shape index (κ1) is 10.2. The minimum Gasteiger partial charge on any atom is -0.312 e. The Bertz CT molecular complexity index is 373. The maximum atomic E-state index is 12.0. The normalized spacial score (nSPS) is 21.1. The van der Waals surface area contributed by atoms with Gasteiger partial charge in [-0.2, -0.15) is 0 Å². The number of anilines is 1. The number of carbonyl (C=O) groups excluding carboxylic acids is 1. The zero-order valence-corrected chi connectivity index (χ0v) is 9.36. The molecule has 1 aliphatic rings. The van der Waals surface area contributed by atoms with E-state index < -0.39 is 0 Å². The summed E-state index contributed by atoms with van der Waals surface area (Å²) in [6, 6.07) is 8.10. The van der Waals surface area contributed by atoms with E-state index in [4.69, 9.17) is 0 Å². The van der Waals surface area contributed by atoms with E-state index in [0.717, 1.165) is 25.1 Å². The Morgan fingerprint density at radius 2 is 2.13 bits per heavy atom. The molecule has 1 fully saturated rings. The summed E-state index contributed by atoms with van der Waals surface area (Å²) < 4.78 is 0. The van der Waals surface area contributed by atoms with Crippen molar-refractivity contribution in [1.82, 2.24) is 0 Å². The van der Waals surface area contributed by atoms with Gasteiger partial charge < -0.3 is 4.90 Å². The largest absolute Gasteiger partial charge is 0.312 e. The first-order valence-electron chi connectivity index (χ1n) is 5.61. The number of benzene rings is 1. The highest BCUT2D eigenvalue weighted by Gasteiger charge is 2.31. The van der Waals surface area contributed by atoms with Crippen LogP contribution < -0.4 is 4.90 Å². The zero-order chi connectivity index (χ0) is 10.8. The molecule has 2 heteroatoms. The minimum absolute atomic E-state index is 0.240. The van der Waals surface area contributed by atoms with E-state index in [0.29, 0.717) is 5.91 Å². The number of carbonyl (C=O) groups is 1. The van der Waals surface area contributed by atoms with E-state index in [2.05, 4.69) is 19.9 Å². The molecule has 1 heterocycles. The number of amides is 1. The molecule has 1 amide bonds. The lowest BCUT2D eigenvalue weighted by atomic mass is 10.1. The molecule has 80 valence electrons. The van der Waals surface area contributed by atoms with E-state index in [9.17, 15) is 4.79 Å². The Balaban J connectivity index is 2.27. The molecular formula is C13H17NO. The Morgan fingerprint density at radius 3 is 2.73 bits per heavy atom. The smallest absolute Gasteiger partial charge is 0.230 e. The van der Waals surface area contributed by atoms with E-state index in [-0.39, 0.29) is 5.92 Å². The first-order valence-corrected chi connectivity index (χ1v) is 5.61. The maximum Gasteiger partial charge on any atom is 0.230 e. The van der Waals surface area contributed by atoms with E-state index in [1.165, 1.54) is 5.56 Å². The van der Waals surface area contributed by atoms with Gasteiger partial charge in [-0.15, -0.1) is 0 Å². The van der Waals surface area contributed by atoms with Gasteiger partial charge in [0.2, 0.25) is 5.91 Å². The fourth-order valence-electron chi connectivity index (χ4n) is 2.22. The van der Waals surface area contributed by atoms with Crippen LogP contribution in [0.2, 0.25) is 0 Å². The van der Waals surface area contributed by atoms with Crippen LogP contribution in [0.3, 0.4) is 0 Å². The van der Waals surface area contributed by atoms with Crippen molar-refractivity contribution in [3.8, 4) is 0 Å². The molecule has 1 aromatic rings. The molecule has 0 aromatic heterocycles. The summed E-state index contributed by atoms with van der Waals surface area (Å²) in [7, 11) is 0. The predicted octanol–water partition coefficient (Wildman–Crippen LogP) is 2.76. The van der Waals surface area contributed by atoms with Crippen LogP contribution in [0, 0.1) is 12.8 Å². The summed E-state index contributed by atoms with van der Waals surface area (Å²) in [5.41, 5.74) is 2.26. The van der Waals surface area contributed by atoms with Crippen LogP contribution >= 0.6 is 0 Å². The van der Waals surface area contributed by atoms with Crippen LogP contribution in [-0.4, -0.2) is 12.5 Å². The van der Waals surface area contributed by atoms with Crippen molar-refractivity contribution in [2.24, 2.45) is 5.92 Å². The van der Waals surface area contributed by atoms with Crippen LogP contribution in [0.15, 0.2) is 24.3 Å². The van der Waals surface area contributed by atoms with E-state index >= 15 is 0 Å². The van der Waals surface area contributed by atoms with Crippen molar-refractivity contribution in [2.45, 2.75) is 26.7 Å².